The maximum absolute atomic E-state index is 12.2. The molecule has 0 radical (unpaired) electrons. The fourth-order valence-corrected chi connectivity index (χ4v) is 2.91. The number of amides is 3. The van der Waals surface area contributed by atoms with Gasteiger partial charge in [-0.25, -0.2) is 4.79 Å². The lowest BCUT2D eigenvalue weighted by Gasteiger charge is -2.18. The van der Waals surface area contributed by atoms with Crippen LogP contribution in [0.1, 0.15) is 27.5 Å². The van der Waals surface area contributed by atoms with Gasteiger partial charge in [-0.1, -0.05) is 24.3 Å². The Morgan fingerprint density at radius 3 is 2.50 bits per heavy atom. The molecule has 2 aromatic carbocycles. The molecular weight excluding hydrogens is 306 g/mol. The zero-order valence-electron chi connectivity index (χ0n) is 13.2. The molecule has 24 heavy (non-hydrogen) atoms. The first-order valence-corrected chi connectivity index (χ1v) is 7.74. The van der Waals surface area contributed by atoms with Crippen LogP contribution in [0.4, 0.5) is 10.5 Å². The Labute approximate surface area is 139 Å². The normalized spacial score (nSPS) is 18.6. The van der Waals surface area contributed by atoms with Crippen molar-refractivity contribution in [1.29, 1.82) is 0 Å². The van der Waals surface area contributed by atoms with Crippen LogP contribution in [0.5, 0.6) is 0 Å². The fourth-order valence-electron chi connectivity index (χ4n) is 2.91. The summed E-state index contributed by atoms with van der Waals surface area (Å²) in [6.45, 7) is 0. The highest BCUT2D eigenvalue weighted by Gasteiger charge is 2.31. The number of nitrogens with one attached hydrogen (secondary N) is 3. The Hall–Kier alpha value is -2.86. The minimum atomic E-state index is -0.635. The summed E-state index contributed by atoms with van der Waals surface area (Å²) in [6, 6.07) is 13.4. The van der Waals surface area contributed by atoms with Gasteiger partial charge in [0.15, 0.2) is 0 Å². The van der Waals surface area contributed by atoms with E-state index in [1.807, 2.05) is 24.3 Å². The van der Waals surface area contributed by atoms with Crippen LogP contribution in [0.15, 0.2) is 48.5 Å². The molecule has 0 heterocycles. The third kappa shape index (κ3) is 3.23. The second-order valence-electron chi connectivity index (χ2n) is 5.70. The molecule has 1 aliphatic rings. The first kappa shape index (κ1) is 16.0. The van der Waals surface area contributed by atoms with Crippen LogP contribution in [-0.4, -0.2) is 30.2 Å². The molecule has 124 valence electrons. The van der Waals surface area contributed by atoms with E-state index in [9.17, 15) is 14.7 Å². The van der Waals surface area contributed by atoms with Crippen molar-refractivity contribution in [2.75, 3.05) is 12.4 Å². The van der Waals surface area contributed by atoms with Crippen LogP contribution in [0.3, 0.4) is 0 Å². The van der Waals surface area contributed by atoms with Crippen LogP contribution < -0.4 is 16.0 Å². The molecule has 3 amide bonds. The molecule has 2 atom stereocenters. The first-order valence-electron chi connectivity index (χ1n) is 7.74. The lowest BCUT2D eigenvalue weighted by atomic mass is 10.1. The van der Waals surface area contributed by atoms with Crippen molar-refractivity contribution < 1.29 is 14.7 Å². The Morgan fingerprint density at radius 2 is 1.79 bits per heavy atom. The summed E-state index contributed by atoms with van der Waals surface area (Å²) in [5, 5.41) is 18.2. The van der Waals surface area contributed by atoms with Crippen LogP contribution >= 0.6 is 0 Å². The molecule has 0 unspecified atom stereocenters. The van der Waals surface area contributed by atoms with Crippen molar-refractivity contribution >= 4 is 17.6 Å². The number of aliphatic hydroxyl groups excluding tert-OH is 1. The van der Waals surface area contributed by atoms with E-state index in [1.54, 1.807) is 31.3 Å². The number of carbonyl (C=O) groups is 2. The second kappa shape index (κ2) is 6.72. The number of carbonyl (C=O) groups excluding carboxylic acids is 2. The van der Waals surface area contributed by atoms with Gasteiger partial charge in [0, 0.05) is 24.7 Å². The highest BCUT2D eigenvalue weighted by molar-refractivity contribution is 5.95. The van der Waals surface area contributed by atoms with Gasteiger partial charge >= 0.3 is 6.03 Å². The number of hydrogen-bond donors (Lipinski definition) is 4. The van der Waals surface area contributed by atoms with Crippen molar-refractivity contribution in [2.45, 2.75) is 18.6 Å². The molecule has 2 aromatic rings. The van der Waals surface area contributed by atoms with Gasteiger partial charge in [0.1, 0.15) is 0 Å². The Bertz CT molecular complexity index is 758. The minimum absolute atomic E-state index is 0.184. The summed E-state index contributed by atoms with van der Waals surface area (Å²) in [6.07, 6.45) is -0.106. The largest absolute Gasteiger partial charge is 0.390 e. The molecular formula is C18H19N3O3. The van der Waals surface area contributed by atoms with Crippen molar-refractivity contribution in [3.8, 4) is 0 Å². The first-order chi connectivity index (χ1) is 11.6. The highest BCUT2D eigenvalue weighted by Crippen LogP contribution is 2.31. The van der Waals surface area contributed by atoms with Gasteiger partial charge < -0.3 is 21.1 Å². The number of anilines is 1. The minimum Gasteiger partial charge on any atom is -0.390 e. The molecule has 6 heteroatoms. The maximum atomic E-state index is 12.2. The Balaban J connectivity index is 1.65. The van der Waals surface area contributed by atoms with E-state index in [0.29, 0.717) is 17.7 Å². The van der Waals surface area contributed by atoms with Crippen molar-refractivity contribution in [3.05, 3.63) is 65.2 Å². The van der Waals surface area contributed by atoms with Gasteiger partial charge in [0.05, 0.1) is 12.1 Å². The number of hydrogen-bond acceptors (Lipinski definition) is 3. The molecule has 0 saturated carbocycles. The summed E-state index contributed by atoms with van der Waals surface area (Å²) in [5.74, 6) is -0.184. The van der Waals surface area contributed by atoms with Gasteiger partial charge in [0.2, 0.25) is 0 Å². The predicted octanol–water partition coefficient (Wildman–Crippen LogP) is 1.83. The van der Waals surface area contributed by atoms with E-state index in [2.05, 4.69) is 16.0 Å². The molecule has 6 nitrogen and oxygen atoms in total. The highest BCUT2D eigenvalue weighted by atomic mass is 16.3. The molecule has 0 saturated heterocycles. The average molecular weight is 325 g/mol. The van der Waals surface area contributed by atoms with E-state index in [4.69, 9.17) is 0 Å². The lowest BCUT2D eigenvalue weighted by molar-refractivity contribution is 0.0963. The summed E-state index contributed by atoms with van der Waals surface area (Å²) < 4.78 is 0. The van der Waals surface area contributed by atoms with Gasteiger partial charge in [-0.15, -0.1) is 0 Å². The molecule has 0 aliphatic heterocycles. The summed E-state index contributed by atoms with van der Waals surface area (Å²) in [7, 11) is 1.56. The standard InChI is InChI=1S/C18H19N3O3/c1-19-17(23)11-6-8-13(9-7-11)20-18(24)21-16-14-5-3-2-4-12(14)10-15(16)22/h2-9,15-16,22H,10H2,1H3,(H,19,23)(H2,20,21,24)/t15-,16+/m0/s1. The molecule has 3 rings (SSSR count). The zero-order chi connectivity index (χ0) is 17.1. The topological polar surface area (TPSA) is 90.5 Å². The maximum Gasteiger partial charge on any atom is 0.319 e. The van der Waals surface area contributed by atoms with E-state index in [1.165, 1.54) is 0 Å². The second-order valence-corrected chi connectivity index (χ2v) is 5.70. The molecule has 4 N–H and O–H groups in total. The van der Waals surface area contributed by atoms with E-state index in [-0.39, 0.29) is 5.91 Å². The monoisotopic (exact) mass is 325 g/mol. The van der Waals surface area contributed by atoms with Gasteiger partial charge in [0.25, 0.3) is 5.91 Å². The molecule has 0 aromatic heterocycles. The van der Waals surface area contributed by atoms with Crippen LogP contribution in [0.2, 0.25) is 0 Å². The molecule has 0 fully saturated rings. The SMILES string of the molecule is CNC(=O)c1ccc(NC(=O)N[C@@H]2c3ccccc3C[C@@H]2O)cc1. The summed E-state index contributed by atoms with van der Waals surface area (Å²) in [4.78, 5) is 23.7. The molecule has 0 bridgehead atoms. The number of urea groups is 1. The number of rotatable bonds is 3. The molecule has 0 spiro atoms. The van der Waals surface area contributed by atoms with Crippen LogP contribution in [-0.2, 0) is 6.42 Å². The van der Waals surface area contributed by atoms with Gasteiger partial charge in [-0.05, 0) is 35.4 Å². The van der Waals surface area contributed by atoms with Crippen molar-refractivity contribution in [2.24, 2.45) is 0 Å². The van der Waals surface area contributed by atoms with Gasteiger partial charge in [-0.3, -0.25) is 4.79 Å². The summed E-state index contributed by atoms with van der Waals surface area (Å²) in [5.41, 5.74) is 3.07. The molecule has 1 aliphatic carbocycles. The third-order valence-corrected chi connectivity index (χ3v) is 4.12. The van der Waals surface area contributed by atoms with E-state index >= 15 is 0 Å². The van der Waals surface area contributed by atoms with Crippen molar-refractivity contribution in [3.63, 3.8) is 0 Å². The quantitative estimate of drug-likeness (QED) is 0.694. The summed E-state index contributed by atoms with van der Waals surface area (Å²) >= 11 is 0. The predicted molar refractivity (Wildman–Crippen MR) is 90.9 cm³/mol. The average Bonchev–Trinajstić information content (AvgIpc) is 2.90. The third-order valence-electron chi connectivity index (χ3n) is 4.12. The fraction of sp³-hybridized carbons (Fsp3) is 0.222. The Kier molecular flexibility index (Phi) is 4.48. The Morgan fingerprint density at radius 1 is 1.08 bits per heavy atom. The lowest BCUT2D eigenvalue weighted by Crippen LogP contribution is -2.36. The van der Waals surface area contributed by atoms with Gasteiger partial charge in [-0.2, -0.15) is 0 Å². The number of fused-ring (bicyclic) bond motifs is 1. The van der Waals surface area contributed by atoms with Crippen LogP contribution in [0.25, 0.3) is 0 Å². The zero-order valence-corrected chi connectivity index (χ0v) is 13.2. The van der Waals surface area contributed by atoms with Crippen LogP contribution in [0, 0.1) is 0 Å². The number of benzene rings is 2. The van der Waals surface area contributed by atoms with E-state index in [0.717, 1.165) is 11.1 Å². The smallest absolute Gasteiger partial charge is 0.319 e. The number of aliphatic hydroxyl groups is 1. The van der Waals surface area contributed by atoms with E-state index < -0.39 is 18.2 Å². The van der Waals surface area contributed by atoms with Crippen molar-refractivity contribution in [1.82, 2.24) is 10.6 Å².